The highest BCUT2D eigenvalue weighted by Gasteiger charge is 2.39. The number of hydrogen-bond acceptors (Lipinski definition) is 7. The summed E-state index contributed by atoms with van der Waals surface area (Å²) in [6.07, 6.45) is 1.31. The van der Waals surface area contributed by atoms with Gasteiger partial charge in [0.1, 0.15) is 11.6 Å². The summed E-state index contributed by atoms with van der Waals surface area (Å²) < 4.78 is 11.0. The lowest BCUT2D eigenvalue weighted by molar-refractivity contribution is -0.136. The molecule has 1 aromatic carbocycles. The molecular weight excluding hydrogens is 476 g/mol. The molecule has 0 saturated carbocycles. The smallest absolute Gasteiger partial charge is 0.410 e. The lowest BCUT2D eigenvalue weighted by atomic mass is 10.0. The number of hydrogen-bond donors (Lipinski definition) is 2. The Morgan fingerprint density at radius 3 is 2.70 bits per heavy atom. The number of carbonyl (C=O) groups excluding carboxylic acids is 4. The van der Waals surface area contributed by atoms with E-state index in [9.17, 15) is 19.2 Å². The Kier molecular flexibility index (Phi) is 9.66. The number of imide groups is 1. The zero-order chi connectivity index (χ0) is 27.0. The van der Waals surface area contributed by atoms with E-state index in [0.717, 1.165) is 17.5 Å². The van der Waals surface area contributed by atoms with Gasteiger partial charge in [-0.3, -0.25) is 19.7 Å². The summed E-state index contributed by atoms with van der Waals surface area (Å²) in [6, 6.07) is 4.70. The predicted octanol–water partition coefficient (Wildman–Crippen LogP) is 1.79. The van der Waals surface area contributed by atoms with E-state index in [1.807, 2.05) is 26.8 Å². The average Bonchev–Trinajstić information content (AvgIpc) is 3.14. The fourth-order valence-corrected chi connectivity index (χ4v) is 4.09. The van der Waals surface area contributed by atoms with Crippen LogP contribution in [0.1, 0.15) is 67.9 Å². The third-order valence-electron chi connectivity index (χ3n) is 5.91. The van der Waals surface area contributed by atoms with Gasteiger partial charge < -0.3 is 25.0 Å². The van der Waals surface area contributed by atoms with Crippen molar-refractivity contribution in [3.8, 4) is 11.8 Å². The van der Waals surface area contributed by atoms with Gasteiger partial charge in [-0.15, -0.1) is 0 Å². The van der Waals surface area contributed by atoms with Crippen LogP contribution in [0, 0.1) is 11.8 Å². The third kappa shape index (κ3) is 8.03. The van der Waals surface area contributed by atoms with Crippen molar-refractivity contribution in [2.24, 2.45) is 5.73 Å². The SMILES string of the molecule is CC(C)(C)OC(=O)N(CCC#Cc1ccc2c(c1)CN(C1CCC(=O)NC1=O)C2=O)CCOCCCN. The first-order valence-electron chi connectivity index (χ1n) is 12.6. The number of benzene rings is 1. The summed E-state index contributed by atoms with van der Waals surface area (Å²) in [6.45, 7) is 8.01. The number of ether oxygens (including phenoxy) is 2. The van der Waals surface area contributed by atoms with Crippen molar-refractivity contribution in [2.75, 3.05) is 32.8 Å². The Morgan fingerprint density at radius 2 is 2.00 bits per heavy atom. The van der Waals surface area contributed by atoms with E-state index in [4.69, 9.17) is 15.2 Å². The molecule has 0 radical (unpaired) electrons. The fraction of sp³-hybridized carbons (Fsp3) is 0.556. The molecule has 2 aliphatic heterocycles. The number of carbonyl (C=O) groups is 4. The highest BCUT2D eigenvalue weighted by Crippen LogP contribution is 2.28. The zero-order valence-corrected chi connectivity index (χ0v) is 21.8. The molecule has 37 heavy (non-hydrogen) atoms. The lowest BCUT2D eigenvalue weighted by Crippen LogP contribution is -2.52. The molecule has 0 bridgehead atoms. The molecule has 1 saturated heterocycles. The molecule has 10 nitrogen and oxygen atoms in total. The molecule has 200 valence electrons. The van der Waals surface area contributed by atoms with Crippen molar-refractivity contribution < 1.29 is 28.7 Å². The molecule has 0 aromatic heterocycles. The van der Waals surface area contributed by atoms with Crippen LogP contribution >= 0.6 is 0 Å². The topological polar surface area (TPSA) is 131 Å². The largest absolute Gasteiger partial charge is 0.444 e. The predicted molar refractivity (Wildman–Crippen MR) is 136 cm³/mol. The normalized spacial score (nSPS) is 17.1. The van der Waals surface area contributed by atoms with Crippen LogP contribution in [0.4, 0.5) is 4.79 Å². The van der Waals surface area contributed by atoms with Crippen molar-refractivity contribution in [1.82, 2.24) is 15.1 Å². The Labute approximate surface area is 217 Å². The molecule has 1 aromatic rings. The van der Waals surface area contributed by atoms with Crippen LogP contribution < -0.4 is 11.1 Å². The lowest BCUT2D eigenvalue weighted by Gasteiger charge is -2.29. The first-order valence-corrected chi connectivity index (χ1v) is 12.6. The fourth-order valence-electron chi connectivity index (χ4n) is 4.09. The summed E-state index contributed by atoms with van der Waals surface area (Å²) in [7, 11) is 0. The molecule has 4 amide bonds. The number of fused-ring (bicyclic) bond motifs is 1. The Bertz CT molecular complexity index is 1080. The molecule has 1 unspecified atom stereocenters. The maximum Gasteiger partial charge on any atom is 0.410 e. The van der Waals surface area contributed by atoms with Gasteiger partial charge in [-0.1, -0.05) is 11.8 Å². The van der Waals surface area contributed by atoms with Crippen LogP contribution in [0.25, 0.3) is 0 Å². The van der Waals surface area contributed by atoms with Gasteiger partial charge in [-0.25, -0.2) is 4.79 Å². The van der Waals surface area contributed by atoms with E-state index in [0.29, 0.717) is 57.8 Å². The molecule has 0 aliphatic carbocycles. The second kappa shape index (κ2) is 12.7. The van der Waals surface area contributed by atoms with Crippen molar-refractivity contribution in [3.05, 3.63) is 34.9 Å². The van der Waals surface area contributed by atoms with Crippen LogP contribution in [-0.4, -0.2) is 78.1 Å². The molecular formula is C27H36N4O6. The number of nitrogens with zero attached hydrogens (tertiary/aromatic N) is 2. The summed E-state index contributed by atoms with van der Waals surface area (Å²) in [5, 5.41) is 2.31. The van der Waals surface area contributed by atoms with Crippen molar-refractivity contribution >= 4 is 23.8 Å². The summed E-state index contributed by atoms with van der Waals surface area (Å²) in [4.78, 5) is 52.2. The van der Waals surface area contributed by atoms with E-state index >= 15 is 0 Å². The minimum atomic E-state index is -0.648. The van der Waals surface area contributed by atoms with Crippen LogP contribution in [0.3, 0.4) is 0 Å². The average molecular weight is 513 g/mol. The van der Waals surface area contributed by atoms with Crippen LogP contribution in [0.15, 0.2) is 18.2 Å². The van der Waals surface area contributed by atoms with Crippen LogP contribution in [0.5, 0.6) is 0 Å². The van der Waals surface area contributed by atoms with Crippen LogP contribution in [-0.2, 0) is 25.6 Å². The van der Waals surface area contributed by atoms with Gasteiger partial charge >= 0.3 is 6.09 Å². The van der Waals surface area contributed by atoms with Crippen molar-refractivity contribution in [2.45, 2.75) is 64.6 Å². The summed E-state index contributed by atoms with van der Waals surface area (Å²) in [5.74, 6) is 5.23. The summed E-state index contributed by atoms with van der Waals surface area (Å²) in [5.41, 5.74) is 6.95. The molecule has 1 atom stereocenters. The second-order valence-electron chi connectivity index (χ2n) is 10.0. The van der Waals surface area contributed by atoms with E-state index in [1.165, 1.54) is 4.90 Å². The number of nitrogens with two attached hydrogens (primary N) is 1. The molecule has 2 aliphatic rings. The minimum Gasteiger partial charge on any atom is -0.444 e. The first-order chi connectivity index (χ1) is 17.6. The number of rotatable bonds is 9. The molecule has 10 heteroatoms. The number of piperidine rings is 1. The van der Waals surface area contributed by atoms with Gasteiger partial charge in [-0.2, -0.15) is 0 Å². The maximum absolute atomic E-state index is 12.8. The van der Waals surface area contributed by atoms with E-state index in [1.54, 1.807) is 17.0 Å². The maximum atomic E-state index is 12.8. The van der Waals surface area contributed by atoms with E-state index < -0.39 is 23.6 Å². The number of amides is 4. The Hall–Kier alpha value is -3.42. The first kappa shape index (κ1) is 28.2. The van der Waals surface area contributed by atoms with Gasteiger partial charge in [0, 0.05) is 50.2 Å². The van der Waals surface area contributed by atoms with Crippen molar-refractivity contribution in [3.63, 3.8) is 0 Å². The molecule has 3 rings (SSSR count). The van der Waals surface area contributed by atoms with E-state index in [2.05, 4.69) is 17.2 Å². The zero-order valence-electron chi connectivity index (χ0n) is 21.8. The van der Waals surface area contributed by atoms with Gasteiger partial charge in [0.05, 0.1) is 6.61 Å². The van der Waals surface area contributed by atoms with Gasteiger partial charge in [0.15, 0.2) is 0 Å². The quantitative estimate of drug-likeness (QED) is 0.293. The monoisotopic (exact) mass is 512 g/mol. The second-order valence-corrected chi connectivity index (χ2v) is 10.0. The third-order valence-corrected chi connectivity index (χ3v) is 5.91. The Balaban J connectivity index is 1.59. The molecule has 3 N–H and O–H groups in total. The number of nitrogens with one attached hydrogen (secondary N) is 1. The Morgan fingerprint density at radius 1 is 1.22 bits per heavy atom. The highest BCUT2D eigenvalue weighted by molar-refractivity contribution is 6.05. The standard InChI is InChI=1S/C27H36N4O6/c1-27(2,3)37-26(35)30(14-16-36-15-6-12-28)13-5-4-7-19-8-9-21-20(17-19)18-31(25(21)34)22-10-11-23(32)29-24(22)33/h8-9,17,22H,5-6,10-16,18,28H2,1-3H3,(H,29,32,33). The van der Waals surface area contributed by atoms with Gasteiger partial charge in [0.2, 0.25) is 11.8 Å². The molecule has 0 spiro atoms. The molecule has 1 fully saturated rings. The van der Waals surface area contributed by atoms with Gasteiger partial charge in [0.25, 0.3) is 5.91 Å². The minimum absolute atomic E-state index is 0.216. The van der Waals surface area contributed by atoms with Gasteiger partial charge in [-0.05, 0) is 63.9 Å². The van der Waals surface area contributed by atoms with Crippen LogP contribution in [0.2, 0.25) is 0 Å². The highest BCUT2D eigenvalue weighted by atomic mass is 16.6. The summed E-state index contributed by atoms with van der Waals surface area (Å²) >= 11 is 0. The molecule has 2 heterocycles. The van der Waals surface area contributed by atoms with Crippen molar-refractivity contribution in [1.29, 1.82) is 0 Å². The van der Waals surface area contributed by atoms with E-state index in [-0.39, 0.29) is 18.2 Å².